The van der Waals surface area contributed by atoms with Crippen LogP contribution >= 0.6 is 11.6 Å². The zero-order valence-corrected chi connectivity index (χ0v) is 31.0. The minimum Gasteiger partial charge on any atom is -0.481 e. The van der Waals surface area contributed by atoms with Gasteiger partial charge in [-0.25, -0.2) is 0 Å². The SMILES string of the molecule is CC(=O)c1c(C)nc2ccccc2c1NCc1ccc(C#CC2CCC3(C)C(CCC4C5CCC(CCCC(=O)O)C5(C)CCC43)C2)c(Cl)c1. The smallest absolute Gasteiger partial charge is 0.303 e. The van der Waals surface area contributed by atoms with Gasteiger partial charge in [-0.2, -0.15) is 0 Å². The third-order valence-corrected chi connectivity index (χ3v) is 14.5. The molecular weight excluding hydrogens is 640 g/mol. The first-order chi connectivity index (χ1) is 24.0. The quantitative estimate of drug-likeness (QED) is 0.181. The molecule has 4 aliphatic carbocycles. The Bertz CT molecular complexity index is 1860. The Morgan fingerprint density at radius 2 is 1.78 bits per heavy atom. The number of fused-ring (bicyclic) bond motifs is 6. The van der Waals surface area contributed by atoms with Crippen LogP contribution in [0.5, 0.6) is 0 Å². The van der Waals surface area contributed by atoms with Crippen LogP contribution < -0.4 is 5.32 Å². The summed E-state index contributed by atoms with van der Waals surface area (Å²) in [5, 5.41) is 14.3. The summed E-state index contributed by atoms with van der Waals surface area (Å²) in [6, 6.07) is 14.0. The molecule has 0 bridgehead atoms. The second kappa shape index (κ2) is 14.0. The number of hydrogen-bond acceptors (Lipinski definition) is 4. The van der Waals surface area contributed by atoms with E-state index in [-0.39, 0.29) is 5.78 Å². The molecule has 0 saturated heterocycles. The van der Waals surface area contributed by atoms with Crippen molar-refractivity contribution in [1.29, 1.82) is 0 Å². The average molecular weight is 693 g/mol. The van der Waals surface area contributed by atoms with Gasteiger partial charge in [-0.1, -0.05) is 61.6 Å². The lowest BCUT2D eigenvalue weighted by Crippen LogP contribution is -2.53. The van der Waals surface area contributed by atoms with Gasteiger partial charge in [-0.15, -0.1) is 0 Å². The second-order valence-corrected chi connectivity index (χ2v) is 17.1. The number of pyridine rings is 1. The fourth-order valence-corrected chi connectivity index (χ4v) is 11.8. The number of benzene rings is 2. The van der Waals surface area contributed by atoms with Crippen LogP contribution in [-0.2, 0) is 11.3 Å². The van der Waals surface area contributed by atoms with E-state index in [2.05, 4.69) is 42.1 Å². The molecule has 8 unspecified atom stereocenters. The summed E-state index contributed by atoms with van der Waals surface area (Å²) in [7, 11) is 0. The molecule has 5 nitrogen and oxygen atoms in total. The van der Waals surface area contributed by atoms with E-state index in [0.29, 0.717) is 46.2 Å². The number of aromatic nitrogens is 1. The van der Waals surface area contributed by atoms with Crippen LogP contribution in [0.1, 0.15) is 125 Å². The molecule has 50 heavy (non-hydrogen) atoms. The van der Waals surface area contributed by atoms with E-state index >= 15 is 0 Å². The number of rotatable bonds is 8. The van der Waals surface area contributed by atoms with Gasteiger partial charge in [0.2, 0.25) is 0 Å². The number of carbonyl (C=O) groups excluding carboxylic acids is 1. The van der Waals surface area contributed by atoms with Crippen LogP contribution in [0.15, 0.2) is 42.5 Å². The standard InChI is InChI=1S/C44H53ClN2O3/c1-27-41(28(2)48)42(35-9-5-6-10-39(35)47-27)46-26-30-13-15-31(38(45)25-30)14-12-29-20-22-44(4)33(24-29)16-18-34-36-19-17-32(8-7-11-40(49)50)43(36,3)23-21-37(34)44/h5-6,9-10,13,15,25,29,32-34,36-37H,7-8,11,16-24,26H2,1-4H3,(H,46,47)(H,49,50). The van der Waals surface area contributed by atoms with Crippen LogP contribution in [0, 0.1) is 65.1 Å². The number of anilines is 1. The highest BCUT2D eigenvalue weighted by molar-refractivity contribution is 6.31. The third-order valence-electron chi connectivity index (χ3n) is 14.1. The number of para-hydroxylation sites is 1. The van der Waals surface area contributed by atoms with Gasteiger partial charge >= 0.3 is 5.97 Å². The minimum atomic E-state index is -0.652. The van der Waals surface area contributed by atoms with Crippen molar-refractivity contribution in [3.8, 4) is 11.8 Å². The van der Waals surface area contributed by atoms with Crippen molar-refractivity contribution in [2.75, 3.05) is 5.32 Å². The molecule has 4 fully saturated rings. The van der Waals surface area contributed by atoms with E-state index in [1.165, 1.54) is 57.8 Å². The molecule has 2 aromatic carbocycles. The van der Waals surface area contributed by atoms with Crippen LogP contribution in [-0.4, -0.2) is 21.8 Å². The maximum atomic E-state index is 12.6. The molecule has 0 spiro atoms. The Kier molecular flexibility index (Phi) is 9.81. The topological polar surface area (TPSA) is 79.3 Å². The van der Waals surface area contributed by atoms with Gasteiger partial charge in [0.15, 0.2) is 5.78 Å². The molecule has 4 saturated carbocycles. The number of nitrogens with one attached hydrogen (secondary N) is 1. The first-order valence-electron chi connectivity index (χ1n) is 19.1. The lowest BCUT2D eigenvalue weighted by Gasteiger charge is -2.61. The molecule has 264 valence electrons. The van der Waals surface area contributed by atoms with Crippen molar-refractivity contribution in [1.82, 2.24) is 4.98 Å². The normalized spacial score (nSPS) is 31.5. The van der Waals surface area contributed by atoms with Gasteiger partial charge in [0.05, 0.1) is 27.5 Å². The van der Waals surface area contributed by atoms with Crippen molar-refractivity contribution in [2.45, 2.75) is 111 Å². The summed E-state index contributed by atoms with van der Waals surface area (Å²) in [4.78, 5) is 28.4. The molecule has 6 heteroatoms. The van der Waals surface area contributed by atoms with Crippen molar-refractivity contribution >= 4 is 39.9 Å². The van der Waals surface area contributed by atoms with Gasteiger partial charge in [0.25, 0.3) is 0 Å². The monoisotopic (exact) mass is 692 g/mol. The van der Waals surface area contributed by atoms with Crippen LogP contribution in [0.3, 0.4) is 0 Å². The Labute approximate surface area is 303 Å². The predicted molar refractivity (Wildman–Crippen MR) is 202 cm³/mol. The number of carboxylic acids is 1. The second-order valence-electron chi connectivity index (χ2n) is 16.7. The maximum absolute atomic E-state index is 12.6. The fraction of sp³-hybridized carbons (Fsp3) is 0.568. The maximum Gasteiger partial charge on any atom is 0.303 e. The van der Waals surface area contributed by atoms with Crippen molar-refractivity contribution < 1.29 is 14.7 Å². The lowest BCUT2D eigenvalue weighted by atomic mass is 9.44. The Hall–Kier alpha value is -3.36. The molecule has 1 aromatic heterocycles. The molecule has 0 radical (unpaired) electrons. The van der Waals surface area contributed by atoms with Crippen molar-refractivity contribution in [3.63, 3.8) is 0 Å². The van der Waals surface area contributed by atoms with E-state index in [4.69, 9.17) is 11.6 Å². The number of nitrogens with zero attached hydrogens (tertiary/aromatic N) is 1. The molecule has 4 aliphatic rings. The molecule has 8 atom stereocenters. The summed E-state index contributed by atoms with van der Waals surface area (Å²) in [5.74, 6) is 10.8. The molecule has 1 heterocycles. The van der Waals surface area contributed by atoms with E-state index in [9.17, 15) is 14.7 Å². The summed E-state index contributed by atoms with van der Waals surface area (Å²) in [5.41, 5.74) is 5.79. The van der Waals surface area contributed by atoms with Crippen LogP contribution in [0.2, 0.25) is 5.02 Å². The molecular formula is C44H53ClN2O3. The van der Waals surface area contributed by atoms with Crippen LogP contribution in [0.25, 0.3) is 10.9 Å². The Morgan fingerprint density at radius 3 is 2.56 bits per heavy atom. The molecule has 0 amide bonds. The van der Waals surface area contributed by atoms with E-state index in [0.717, 1.165) is 69.9 Å². The van der Waals surface area contributed by atoms with Gasteiger partial charge in [0, 0.05) is 29.8 Å². The largest absolute Gasteiger partial charge is 0.481 e. The minimum absolute atomic E-state index is 0.00149. The van der Waals surface area contributed by atoms with E-state index in [1.54, 1.807) is 6.92 Å². The first-order valence-corrected chi connectivity index (χ1v) is 19.5. The van der Waals surface area contributed by atoms with Gasteiger partial charge in [-0.05, 0) is 149 Å². The van der Waals surface area contributed by atoms with Crippen LogP contribution in [0.4, 0.5) is 5.69 Å². The van der Waals surface area contributed by atoms with E-state index < -0.39 is 5.97 Å². The molecule has 2 N–H and O–H groups in total. The van der Waals surface area contributed by atoms with Gasteiger partial charge in [-0.3, -0.25) is 14.6 Å². The molecule has 3 aromatic rings. The van der Waals surface area contributed by atoms with Gasteiger partial charge < -0.3 is 10.4 Å². The highest BCUT2D eigenvalue weighted by Crippen LogP contribution is 2.68. The zero-order valence-electron chi connectivity index (χ0n) is 30.3. The first kappa shape index (κ1) is 35.1. The lowest BCUT2D eigenvalue weighted by molar-refractivity contribution is -0.137. The fourth-order valence-electron chi connectivity index (χ4n) is 11.6. The zero-order chi connectivity index (χ0) is 35.2. The summed E-state index contributed by atoms with van der Waals surface area (Å²) in [6.45, 7) is 9.21. The number of aryl methyl sites for hydroxylation is 1. The van der Waals surface area contributed by atoms with E-state index in [1.807, 2.05) is 43.3 Å². The third kappa shape index (κ3) is 6.47. The number of hydrogen-bond donors (Lipinski definition) is 2. The number of carboxylic acid groups (broad SMARTS) is 1. The molecule has 7 rings (SSSR count). The number of Topliss-reactive ketones (excluding diaryl/α,β-unsaturated/α-hetero) is 1. The summed E-state index contributed by atoms with van der Waals surface area (Å²) in [6.07, 6.45) is 13.9. The Balaban J connectivity index is 0.989. The van der Waals surface area contributed by atoms with Crippen molar-refractivity contribution in [3.05, 3.63) is 69.9 Å². The number of ketones is 1. The Morgan fingerprint density at radius 1 is 1.00 bits per heavy atom. The highest BCUT2D eigenvalue weighted by Gasteiger charge is 2.59. The number of carbonyl (C=O) groups is 2. The summed E-state index contributed by atoms with van der Waals surface area (Å²) < 4.78 is 0. The molecule has 0 aliphatic heterocycles. The van der Waals surface area contributed by atoms with Crippen molar-refractivity contribution in [2.24, 2.45) is 46.3 Å². The van der Waals surface area contributed by atoms with Gasteiger partial charge in [0.1, 0.15) is 0 Å². The number of halogens is 1. The highest BCUT2D eigenvalue weighted by atomic mass is 35.5. The summed E-state index contributed by atoms with van der Waals surface area (Å²) >= 11 is 6.83. The average Bonchev–Trinajstić information content (AvgIpc) is 3.42. The predicted octanol–water partition coefficient (Wildman–Crippen LogP) is 10.9. The number of aliphatic carboxylic acids is 1.